The van der Waals surface area contributed by atoms with E-state index in [2.05, 4.69) is 15.6 Å². The lowest BCUT2D eigenvalue weighted by Crippen LogP contribution is -2.27. The van der Waals surface area contributed by atoms with Gasteiger partial charge in [0.05, 0.1) is 12.1 Å². The SMILES string of the molecule is COC(=O)c1sc2cc(NC(=S)NCc3cccnc3)ccc2c1Cl. The summed E-state index contributed by atoms with van der Waals surface area (Å²) in [6.07, 6.45) is 3.51. The zero-order valence-electron chi connectivity index (χ0n) is 13.2. The van der Waals surface area contributed by atoms with Crippen LogP contribution in [0.1, 0.15) is 15.2 Å². The van der Waals surface area contributed by atoms with Crippen molar-refractivity contribution in [1.82, 2.24) is 10.3 Å². The molecule has 0 saturated carbocycles. The second-order valence-corrected chi connectivity index (χ2v) is 6.96. The van der Waals surface area contributed by atoms with Crippen LogP contribution in [0.2, 0.25) is 5.02 Å². The molecule has 3 rings (SSSR count). The summed E-state index contributed by atoms with van der Waals surface area (Å²) in [5.41, 5.74) is 1.85. The first-order valence-corrected chi connectivity index (χ1v) is 8.93. The van der Waals surface area contributed by atoms with Crippen molar-refractivity contribution in [3.63, 3.8) is 0 Å². The molecule has 0 amide bonds. The Kier molecular flexibility index (Phi) is 5.47. The molecule has 25 heavy (non-hydrogen) atoms. The van der Waals surface area contributed by atoms with Gasteiger partial charge >= 0.3 is 5.97 Å². The number of esters is 1. The predicted molar refractivity (Wildman–Crippen MR) is 105 cm³/mol. The molecule has 0 aliphatic carbocycles. The van der Waals surface area contributed by atoms with E-state index in [1.165, 1.54) is 18.4 Å². The van der Waals surface area contributed by atoms with Gasteiger partial charge in [-0.3, -0.25) is 4.98 Å². The standard InChI is InChI=1S/C17H14ClN3O2S2/c1-23-16(22)15-14(18)12-5-4-11(7-13(12)25-15)21-17(24)20-9-10-3-2-6-19-8-10/h2-8H,9H2,1H3,(H2,20,21,24). The molecular formula is C17H14ClN3O2S2. The summed E-state index contributed by atoms with van der Waals surface area (Å²) >= 11 is 12.9. The lowest BCUT2D eigenvalue weighted by atomic mass is 10.2. The highest BCUT2D eigenvalue weighted by Gasteiger charge is 2.17. The number of nitrogens with zero attached hydrogens (tertiary/aromatic N) is 1. The summed E-state index contributed by atoms with van der Waals surface area (Å²) in [6, 6.07) is 9.46. The Morgan fingerprint density at radius 2 is 2.24 bits per heavy atom. The van der Waals surface area contributed by atoms with Crippen LogP contribution in [0.3, 0.4) is 0 Å². The summed E-state index contributed by atoms with van der Waals surface area (Å²) in [5, 5.41) is 7.97. The quantitative estimate of drug-likeness (QED) is 0.512. The van der Waals surface area contributed by atoms with Gasteiger partial charge in [-0.1, -0.05) is 17.7 Å². The van der Waals surface area contributed by atoms with Gasteiger partial charge in [-0.15, -0.1) is 11.3 Å². The lowest BCUT2D eigenvalue weighted by molar-refractivity contribution is 0.0606. The van der Waals surface area contributed by atoms with E-state index in [4.69, 9.17) is 28.6 Å². The van der Waals surface area contributed by atoms with Crippen molar-refractivity contribution in [2.75, 3.05) is 12.4 Å². The Morgan fingerprint density at radius 1 is 1.40 bits per heavy atom. The number of benzene rings is 1. The normalized spacial score (nSPS) is 10.5. The summed E-state index contributed by atoms with van der Waals surface area (Å²) in [6.45, 7) is 0.583. The smallest absolute Gasteiger partial charge is 0.349 e. The van der Waals surface area contributed by atoms with E-state index in [9.17, 15) is 4.79 Å². The summed E-state index contributed by atoms with van der Waals surface area (Å²) in [4.78, 5) is 16.2. The van der Waals surface area contributed by atoms with E-state index >= 15 is 0 Å². The fourth-order valence-electron chi connectivity index (χ4n) is 2.23. The van der Waals surface area contributed by atoms with E-state index in [0.29, 0.717) is 21.6 Å². The molecule has 0 unspecified atom stereocenters. The van der Waals surface area contributed by atoms with Gasteiger partial charge in [0, 0.05) is 34.7 Å². The Hall–Kier alpha value is -2.22. The average Bonchev–Trinajstić information content (AvgIpc) is 2.96. The minimum atomic E-state index is -0.436. The van der Waals surface area contributed by atoms with Crippen LogP contribution in [0.15, 0.2) is 42.7 Å². The van der Waals surface area contributed by atoms with Crippen molar-refractivity contribution < 1.29 is 9.53 Å². The molecule has 0 saturated heterocycles. The maximum atomic E-state index is 11.7. The van der Waals surface area contributed by atoms with Crippen LogP contribution in [0.25, 0.3) is 10.1 Å². The first-order chi connectivity index (χ1) is 12.1. The molecule has 8 heteroatoms. The first-order valence-electron chi connectivity index (χ1n) is 7.32. The molecule has 3 aromatic rings. The monoisotopic (exact) mass is 391 g/mol. The van der Waals surface area contributed by atoms with Gasteiger partial charge in [-0.25, -0.2) is 4.79 Å². The maximum Gasteiger partial charge on any atom is 0.349 e. The van der Waals surface area contributed by atoms with Gasteiger partial charge in [0.25, 0.3) is 0 Å². The van der Waals surface area contributed by atoms with Crippen molar-refractivity contribution in [3.8, 4) is 0 Å². The number of rotatable bonds is 4. The van der Waals surface area contributed by atoms with Crippen molar-refractivity contribution in [3.05, 3.63) is 58.2 Å². The predicted octanol–water partition coefficient (Wildman–Crippen LogP) is 4.22. The summed E-state index contributed by atoms with van der Waals surface area (Å²) < 4.78 is 5.63. The molecule has 0 aliphatic heterocycles. The third-order valence-corrected chi connectivity index (χ3v) is 5.32. The largest absolute Gasteiger partial charge is 0.465 e. The Balaban J connectivity index is 1.71. The van der Waals surface area contributed by atoms with E-state index in [1.807, 2.05) is 30.3 Å². The Morgan fingerprint density at radius 3 is 2.96 bits per heavy atom. The summed E-state index contributed by atoms with van der Waals surface area (Å²) in [7, 11) is 1.34. The maximum absolute atomic E-state index is 11.7. The van der Waals surface area contributed by atoms with Gasteiger partial charge in [-0.2, -0.15) is 0 Å². The number of methoxy groups -OCH3 is 1. The number of ether oxygens (including phenoxy) is 1. The highest BCUT2D eigenvalue weighted by atomic mass is 35.5. The second kappa shape index (κ2) is 7.77. The van der Waals surface area contributed by atoms with E-state index < -0.39 is 5.97 Å². The number of carbonyl (C=O) groups is 1. The van der Waals surface area contributed by atoms with Crippen molar-refractivity contribution in [1.29, 1.82) is 0 Å². The van der Waals surface area contributed by atoms with E-state index in [1.54, 1.807) is 12.4 Å². The molecule has 2 heterocycles. The average molecular weight is 392 g/mol. The molecule has 0 bridgehead atoms. The van der Waals surface area contributed by atoms with Crippen LogP contribution in [0.5, 0.6) is 0 Å². The van der Waals surface area contributed by atoms with Gasteiger partial charge < -0.3 is 15.4 Å². The fraction of sp³-hybridized carbons (Fsp3) is 0.118. The topological polar surface area (TPSA) is 63.2 Å². The van der Waals surface area contributed by atoms with Crippen LogP contribution < -0.4 is 10.6 Å². The minimum Gasteiger partial charge on any atom is -0.465 e. The molecule has 0 aliphatic rings. The molecule has 2 aromatic heterocycles. The highest BCUT2D eigenvalue weighted by molar-refractivity contribution is 7.80. The van der Waals surface area contributed by atoms with Gasteiger partial charge in [-0.05, 0) is 42.0 Å². The molecule has 0 fully saturated rings. The van der Waals surface area contributed by atoms with E-state index in [-0.39, 0.29) is 0 Å². The first kappa shape index (κ1) is 17.6. The number of pyridine rings is 1. The van der Waals surface area contributed by atoms with Gasteiger partial charge in [0.15, 0.2) is 5.11 Å². The zero-order valence-corrected chi connectivity index (χ0v) is 15.6. The van der Waals surface area contributed by atoms with Crippen molar-refractivity contribution >= 4 is 62.0 Å². The second-order valence-electron chi connectivity index (χ2n) is 5.12. The molecule has 0 radical (unpaired) electrons. The number of aromatic nitrogens is 1. The molecule has 128 valence electrons. The molecule has 0 atom stereocenters. The fourth-order valence-corrected chi connectivity index (χ4v) is 3.88. The van der Waals surface area contributed by atoms with Crippen LogP contribution >= 0.6 is 35.2 Å². The molecule has 2 N–H and O–H groups in total. The number of thiocarbonyl (C=S) groups is 1. The zero-order chi connectivity index (χ0) is 17.8. The minimum absolute atomic E-state index is 0.397. The van der Waals surface area contributed by atoms with Crippen molar-refractivity contribution in [2.24, 2.45) is 0 Å². The van der Waals surface area contributed by atoms with Crippen LogP contribution in [-0.2, 0) is 11.3 Å². The summed E-state index contributed by atoms with van der Waals surface area (Å²) in [5.74, 6) is -0.436. The number of fused-ring (bicyclic) bond motifs is 1. The van der Waals surface area contributed by atoms with Crippen LogP contribution in [0.4, 0.5) is 5.69 Å². The third kappa shape index (κ3) is 4.07. The lowest BCUT2D eigenvalue weighted by Gasteiger charge is -2.10. The van der Waals surface area contributed by atoms with Gasteiger partial charge in [0.2, 0.25) is 0 Å². The number of nitrogens with one attached hydrogen (secondary N) is 2. The number of carbonyl (C=O) groups excluding carboxylic acids is 1. The Labute approximate surface area is 159 Å². The number of thiophene rings is 1. The van der Waals surface area contributed by atoms with Crippen LogP contribution in [0, 0.1) is 0 Å². The molecule has 1 aromatic carbocycles. The number of hydrogen-bond acceptors (Lipinski definition) is 5. The molecule has 0 spiro atoms. The van der Waals surface area contributed by atoms with E-state index in [0.717, 1.165) is 21.3 Å². The number of halogens is 1. The highest BCUT2D eigenvalue weighted by Crippen LogP contribution is 2.37. The van der Waals surface area contributed by atoms with Gasteiger partial charge in [0.1, 0.15) is 4.88 Å². The van der Waals surface area contributed by atoms with Crippen LogP contribution in [-0.4, -0.2) is 23.2 Å². The Bertz CT molecular complexity index is 928. The number of hydrogen-bond donors (Lipinski definition) is 2. The van der Waals surface area contributed by atoms with Crippen molar-refractivity contribution in [2.45, 2.75) is 6.54 Å². The molecular weight excluding hydrogens is 378 g/mol. The third-order valence-electron chi connectivity index (χ3n) is 3.43. The molecule has 5 nitrogen and oxygen atoms in total. The number of anilines is 1.